The Balaban J connectivity index is 1.88. The molecule has 0 saturated carbocycles. The summed E-state index contributed by atoms with van der Waals surface area (Å²) in [5.74, 6) is 0. The summed E-state index contributed by atoms with van der Waals surface area (Å²) in [7, 11) is 0. The molecule has 0 atom stereocenters. The first kappa shape index (κ1) is 14.6. The van der Waals surface area contributed by atoms with Crippen molar-refractivity contribution in [1.82, 2.24) is 13.3 Å². The lowest BCUT2D eigenvalue weighted by Crippen LogP contribution is -2.07. The van der Waals surface area contributed by atoms with E-state index in [2.05, 4.69) is 43.9 Å². The maximum atomic E-state index is 6.29. The van der Waals surface area contributed by atoms with Crippen LogP contribution < -0.4 is 5.32 Å². The molecule has 1 aromatic carbocycles. The third-order valence-corrected chi connectivity index (χ3v) is 4.39. The number of hydrogen-bond donors (Lipinski definition) is 1. The van der Waals surface area contributed by atoms with E-state index in [4.69, 9.17) is 23.2 Å². The van der Waals surface area contributed by atoms with Gasteiger partial charge in [-0.05, 0) is 24.6 Å². The highest BCUT2D eigenvalue weighted by Crippen LogP contribution is 2.35. The quantitative estimate of drug-likeness (QED) is 0.723. The second-order valence-electron chi connectivity index (χ2n) is 4.72. The molecule has 110 valence electrons. The van der Waals surface area contributed by atoms with Crippen LogP contribution in [-0.4, -0.2) is 13.3 Å². The zero-order valence-electron chi connectivity index (χ0n) is 11.4. The Morgan fingerprint density at radius 3 is 2.86 bits per heavy atom. The summed E-state index contributed by atoms with van der Waals surface area (Å²) in [5, 5.41) is 4.46. The van der Waals surface area contributed by atoms with Crippen LogP contribution in [0.4, 0.5) is 5.69 Å². The van der Waals surface area contributed by atoms with Crippen molar-refractivity contribution in [2.75, 3.05) is 5.32 Å². The highest BCUT2D eigenvalue weighted by atomic mass is 35.5. The summed E-state index contributed by atoms with van der Waals surface area (Å²) >= 11 is 13.6. The number of fused-ring (bicyclic) bond motifs is 1. The number of hydrogen-bond acceptors (Lipinski definition) is 4. The first-order valence-electron chi connectivity index (χ1n) is 6.69. The van der Waals surface area contributed by atoms with Crippen molar-refractivity contribution in [1.29, 1.82) is 0 Å². The summed E-state index contributed by atoms with van der Waals surface area (Å²) in [5.41, 5.74) is 3.41. The molecule has 2 heterocycles. The van der Waals surface area contributed by atoms with Crippen LogP contribution in [0.25, 0.3) is 11.0 Å². The van der Waals surface area contributed by atoms with Crippen LogP contribution in [0.3, 0.4) is 0 Å². The molecular weight excluding hydrogens is 327 g/mol. The van der Waals surface area contributed by atoms with E-state index < -0.39 is 0 Å². The molecular formula is C14H14Cl2N4S. The topological polar surface area (TPSA) is 42.7 Å². The van der Waals surface area contributed by atoms with Gasteiger partial charge >= 0.3 is 0 Å². The van der Waals surface area contributed by atoms with E-state index in [1.807, 2.05) is 0 Å². The second-order valence-corrected chi connectivity index (χ2v) is 6.07. The van der Waals surface area contributed by atoms with Gasteiger partial charge in [-0.2, -0.15) is 8.75 Å². The van der Waals surface area contributed by atoms with Gasteiger partial charge in [-0.15, -0.1) is 0 Å². The van der Waals surface area contributed by atoms with Crippen molar-refractivity contribution in [3.63, 3.8) is 0 Å². The molecule has 1 N–H and O–H groups in total. The van der Waals surface area contributed by atoms with Gasteiger partial charge in [0.05, 0.1) is 34.0 Å². The smallest absolute Gasteiger partial charge is 0.130 e. The molecule has 0 bridgehead atoms. The van der Waals surface area contributed by atoms with E-state index in [1.165, 1.54) is 5.69 Å². The maximum absolute atomic E-state index is 6.29. The minimum Gasteiger partial charge on any atom is -0.376 e. The predicted octanol–water partition coefficient (Wildman–Crippen LogP) is 4.82. The Labute approximate surface area is 137 Å². The highest BCUT2D eigenvalue weighted by molar-refractivity contribution is 7.00. The van der Waals surface area contributed by atoms with E-state index in [0.717, 1.165) is 35.9 Å². The molecule has 21 heavy (non-hydrogen) atoms. The number of nitrogens with zero attached hydrogens (tertiary/aromatic N) is 3. The van der Waals surface area contributed by atoms with Gasteiger partial charge in [0.15, 0.2) is 0 Å². The number of halogens is 2. The fraction of sp³-hybridized carbons (Fsp3) is 0.286. The number of anilines is 1. The van der Waals surface area contributed by atoms with Crippen molar-refractivity contribution < 1.29 is 0 Å². The van der Waals surface area contributed by atoms with Crippen molar-refractivity contribution in [2.45, 2.75) is 26.4 Å². The van der Waals surface area contributed by atoms with Crippen LogP contribution in [0.2, 0.25) is 10.0 Å². The van der Waals surface area contributed by atoms with Crippen molar-refractivity contribution in [3.8, 4) is 0 Å². The largest absolute Gasteiger partial charge is 0.376 e. The normalized spacial score (nSPS) is 11.2. The first-order chi connectivity index (χ1) is 10.2. The summed E-state index contributed by atoms with van der Waals surface area (Å²) in [6.07, 6.45) is 3.19. The fourth-order valence-corrected chi connectivity index (χ4v) is 3.47. The van der Waals surface area contributed by atoms with Crippen molar-refractivity contribution in [2.24, 2.45) is 0 Å². The minimum atomic E-state index is 0.531. The molecule has 0 aliphatic rings. The van der Waals surface area contributed by atoms with Crippen LogP contribution in [-0.2, 0) is 13.1 Å². The minimum absolute atomic E-state index is 0.531. The zero-order valence-corrected chi connectivity index (χ0v) is 13.8. The molecule has 0 aliphatic carbocycles. The lowest BCUT2D eigenvalue weighted by atomic mass is 10.2. The summed E-state index contributed by atoms with van der Waals surface area (Å²) < 4.78 is 10.7. The predicted molar refractivity (Wildman–Crippen MR) is 89.5 cm³/mol. The molecule has 0 unspecified atom stereocenters. The first-order valence-corrected chi connectivity index (χ1v) is 8.17. The Morgan fingerprint density at radius 2 is 2.05 bits per heavy atom. The average Bonchev–Trinajstić information content (AvgIpc) is 3.08. The average molecular weight is 341 g/mol. The van der Waals surface area contributed by atoms with Gasteiger partial charge in [-0.3, -0.25) is 0 Å². The molecule has 3 aromatic rings. The molecule has 0 aliphatic heterocycles. The van der Waals surface area contributed by atoms with Crippen molar-refractivity contribution in [3.05, 3.63) is 40.1 Å². The van der Waals surface area contributed by atoms with Gasteiger partial charge in [0.1, 0.15) is 11.0 Å². The number of rotatable bonds is 5. The summed E-state index contributed by atoms with van der Waals surface area (Å²) in [6.45, 7) is 3.85. The number of aromatic nitrogens is 3. The van der Waals surface area contributed by atoms with Gasteiger partial charge in [0.2, 0.25) is 0 Å². The Morgan fingerprint density at radius 1 is 1.24 bits per heavy atom. The van der Waals surface area contributed by atoms with Gasteiger partial charge in [-0.25, -0.2) is 0 Å². The summed E-state index contributed by atoms with van der Waals surface area (Å²) in [6, 6.07) is 5.86. The van der Waals surface area contributed by atoms with Gasteiger partial charge in [0, 0.05) is 18.4 Å². The number of nitrogens with one attached hydrogen (secondary N) is 1. The number of aryl methyl sites for hydroxylation is 1. The molecule has 7 heteroatoms. The molecule has 3 rings (SSSR count). The van der Waals surface area contributed by atoms with Crippen LogP contribution in [0.15, 0.2) is 24.4 Å². The van der Waals surface area contributed by atoms with E-state index in [9.17, 15) is 0 Å². The SMILES string of the molecule is CCCn1cccc1CNc1c(Cl)cc(Cl)c2nsnc12. The van der Waals surface area contributed by atoms with Gasteiger partial charge in [0.25, 0.3) is 0 Å². The van der Waals surface area contributed by atoms with E-state index >= 15 is 0 Å². The monoisotopic (exact) mass is 340 g/mol. The second kappa shape index (κ2) is 6.22. The Bertz CT molecular complexity index is 766. The van der Waals surface area contributed by atoms with Crippen LogP contribution in [0.1, 0.15) is 19.0 Å². The Hall–Kier alpha value is -1.30. The lowest BCUT2D eigenvalue weighted by Gasteiger charge is -2.12. The number of benzene rings is 1. The fourth-order valence-electron chi connectivity index (χ4n) is 2.29. The van der Waals surface area contributed by atoms with E-state index in [1.54, 1.807) is 6.07 Å². The Kier molecular flexibility index (Phi) is 4.33. The zero-order chi connectivity index (χ0) is 14.8. The highest BCUT2D eigenvalue weighted by Gasteiger charge is 2.14. The third kappa shape index (κ3) is 2.86. The maximum Gasteiger partial charge on any atom is 0.130 e. The molecule has 0 spiro atoms. The molecule has 4 nitrogen and oxygen atoms in total. The van der Waals surface area contributed by atoms with E-state index in [-0.39, 0.29) is 0 Å². The van der Waals surface area contributed by atoms with Gasteiger partial charge < -0.3 is 9.88 Å². The van der Waals surface area contributed by atoms with Crippen molar-refractivity contribution >= 4 is 51.7 Å². The molecule has 0 saturated heterocycles. The standard InChI is InChI=1S/C14H14Cl2N4S/c1-2-5-20-6-3-4-9(20)8-17-12-10(15)7-11(16)13-14(12)19-21-18-13/h3-4,6-7,17H,2,5,8H2,1H3. The van der Waals surface area contributed by atoms with E-state index in [0.29, 0.717) is 22.1 Å². The molecule has 0 amide bonds. The van der Waals surface area contributed by atoms with Crippen LogP contribution in [0.5, 0.6) is 0 Å². The van der Waals surface area contributed by atoms with Crippen LogP contribution in [0, 0.1) is 0 Å². The molecule has 0 radical (unpaired) electrons. The lowest BCUT2D eigenvalue weighted by molar-refractivity contribution is 0.654. The van der Waals surface area contributed by atoms with Crippen LogP contribution >= 0.6 is 34.9 Å². The van der Waals surface area contributed by atoms with Gasteiger partial charge in [-0.1, -0.05) is 30.1 Å². The molecule has 0 fully saturated rings. The molecule has 2 aromatic heterocycles. The summed E-state index contributed by atoms with van der Waals surface area (Å²) in [4.78, 5) is 0. The third-order valence-electron chi connectivity index (χ3n) is 3.28.